The van der Waals surface area contributed by atoms with Crippen molar-refractivity contribution < 1.29 is 19.0 Å². The van der Waals surface area contributed by atoms with Gasteiger partial charge in [0, 0.05) is 16.7 Å². The van der Waals surface area contributed by atoms with Crippen molar-refractivity contribution in [2.75, 3.05) is 20.8 Å². The van der Waals surface area contributed by atoms with Gasteiger partial charge in [-0.1, -0.05) is 13.3 Å². The van der Waals surface area contributed by atoms with Crippen molar-refractivity contribution in [3.8, 4) is 28.5 Å². The predicted octanol–water partition coefficient (Wildman–Crippen LogP) is 4.04. The monoisotopic (exact) mass is 422 g/mol. The number of carbonyl (C=O) groups is 1. The highest BCUT2D eigenvalue weighted by molar-refractivity contribution is 5.95. The van der Waals surface area contributed by atoms with Gasteiger partial charge in [-0.3, -0.25) is 9.89 Å². The van der Waals surface area contributed by atoms with Crippen LogP contribution in [0.5, 0.6) is 17.2 Å². The average Bonchev–Trinajstić information content (AvgIpc) is 3.27. The molecule has 0 saturated carbocycles. The minimum Gasteiger partial charge on any atom is -0.494 e. The van der Waals surface area contributed by atoms with E-state index in [1.165, 1.54) is 6.21 Å². The summed E-state index contributed by atoms with van der Waals surface area (Å²) < 4.78 is 16.2. The van der Waals surface area contributed by atoms with E-state index in [1.54, 1.807) is 44.7 Å². The molecular formula is C23H26N4O4. The molecule has 8 nitrogen and oxygen atoms in total. The minimum atomic E-state index is -0.312. The molecule has 1 amide bonds. The van der Waals surface area contributed by atoms with Crippen LogP contribution in [0.1, 0.15) is 35.7 Å². The van der Waals surface area contributed by atoms with Gasteiger partial charge in [0.05, 0.1) is 38.9 Å². The Morgan fingerprint density at radius 1 is 1.13 bits per heavy atom. The van der Waals surface area contributed by atoms with E-state index in [-0.39, 0.29) is 5.91 Å². The lowest BCUT2D eigenvalue weighted by atomic mass is 10.1. The summed E-state index contributed by atoms with van der Waals surface area (Å²) in [6.45, 7) is 2.77. The highest BCUT2D eigenvalue weighted by atomic mass is 16.5. The average molecular weight is 422 g/mol. The van der Waals surface area contributed by atoms with E-state index in [0.29, 0.717) is 29.2 Å². The smallest absolute Gasteiger partial charge is 0.271 e. The van der Waals surface area contributed by atoms with E-state index in [1.807, 2.05) is 18.2 Å². The maximum absolute atomic E-state index is 12.3. The third kappa shape index (κ3) is 5.63. The Morgan fingerprint density at radius 3 is 2.61 bits per heavy atom. The van der Waals surface area contributed by atoms with E-state index in [9.17, 15) is 4.79 Å². The summed E-state index contributed by atoms with van der Waals surface area (Å²) in [4.78, 5) is 12.3. The summed E-state index contributed by atoms with van der Waals surface area (Å²) in [5.74, 6) is 1.67. The number of aromatic amines is 1. The van der Waals surface area contributed by atoms with E-state index >= 15 is 0 Å². The standard InChI is InChI=1S/C23H26N4O4/c1-4-5-12-31-19-9-6-16(7-10-19)23(28)27-25-15-18-14-24-26-22(18)17-8-11-20(29-2)21(13-17)30-3/h6-11,13-15H,4-5,12H2,1-3H3,(H,24,26)(H,27,28)/b25-15-. The molecule has 2 aromatic carbocycles. The van der Waals surface area contributed by atoms with Crippen LogP contribution in [0, 0.1) is 0 Å². The molecule has 162 valence electrons. The van der Waals surface area contributed by atoms with Crippen LogP contribution in [0.15, 0.2) is 53.8 Å². The highest BCUT2D eigenvalue weighted by Crippen LogP contribution is 2.32. The lowest BCUT2D eigenvalue weighted by Gasteiger charge is -2.09. The minimum absolute atomic E-state index is 0.312. The number of hydrogen-bond acceptors (Lipinski definition) is 6. The number of H-pyrrole nitrogens is 1. The Hall–Kier alpha value is -3.81. The van der Waals surface area contributed by atoms with Gasteiger partial charge in [0.2, 0.25) is 0 Å². The fourth-order valence-electron chi connectivity index (χ4n) is 2.88. The van der Waals surface area contributed by atoms with Crippen molar-refractivity contribution in [2.45, 2.75) is 19.8 Å². The molecule has 0 aliphatic heterocycles. The molecule has 3 rings (SSSR count). The van der Waals surface area contributed by atoms with Crippen molar-refractivity contribution in [3.05, 3.63) is 59.8 Å². The Labute approximate surface area is 181 Å². The number of nitrogens with zero attached hydrogens (tertiary/aromatic N) is 2. The normalized spacial score (nSPS) is 10.8. The number of methoxy groups -OCH3 is 2. The van der Waals surface area contributed by atoms with Crippen LogP contribution in [-0.4, -0.2) is 43.1 Å². The first kappa shape index (κ1) is 21.9. The van der Waals surface area contributed by atoms with E-state index in [4.69, 9.17) is 14.2 Å². The Morgan fingerprint density at radius 2 is 1.90 bits per heavy atom. The fourth-order valence-corrected chi connectivity index (χ4v) is 2.88. The van der Waals surface area contributed by atoms with Crippen LogP contribution in [0.4, 0.5) is 0 Å². The second-order valence-corrected chi connectivity index (χ2v) is 6.70. The molecule has 0 fully saturated rings. The fraction of sp³-hybridized carbons (Fsp3) is 0.261. The SMILES string of the molecule is CCCCOc1ccc(C(=O)N/N=C\c2cn[nH]c2-c2ccc(OC)c(OC)c2)cc1. The van der Waals surface area contributed by atoms with Gasteiger partial charge in [0.25, 0.3) is 5.91 Å². The maximum atomic E-state index is 12.3. The van der Waals surface area contributed by atoms with Crippen LogP contribution < -0.4 is 19.6 Å². The molecule has 8 heteroatoms. The molecule has 0 atom stereocenters. The summed E-state index contributed by atoms with van der Waals surface area (Å²) in [6.07, 6.45) is 5.24. The third-order valence-corrected chi connectivity index (χ3v) is 4.59. The van der Waals surface area contributed by atoms with Gasteiger partial charge in [-0.05, 0) is 48.9 Å². The second kappa shape index (κ2) is 10.8. The highest BCUT2D eigenvalue weighted by Gasteiger charge is 2.11. The summed E-state index contributed by atoms with van der Waals surface area (Å²) in [7, 11) is 3.16. The Bertz CT molecular complexity index is 1030. The van der Waals surface area contributed by atoms with Gasteiger partial charge in [-0.25, -0.2) is 5.43 Å². The Kier molecular flexibility index (Phi) is 7.64. The lowest BCUT2D eigenvalue weighted by Crippen LogP contribution is -2.17. The maximum Gasteiger partial charge on any atom is 0.271 e. The first-order valence-corrected chi connectivity index (χ1v) is 9.98. The largest absolute Gasteiger partial charge is 0.494 e. The molecule has 0 unspecified atom stereocenters. The quantitative estimate of drug-likeness (QED) is 0.292. The molecule has 31 heavy (non-hydrogen) atoms. The van der Waals surface area contributed by atoms with Crippen LogP contribution in [-0.2, 0) is 0 Å². The van der Waals surface area contributed by atoms with Crippen molar-refractivity contribution in [2.24, 2.45) is 5.10 Å². The number of amides is 1. The molecule has 1 aromatic heterocycles. The molecule has 1 heterocycles. The number of hydrogen-bond donors (Lipinski definition) is 2. The summed E-state index contributed by atoms with van der Waals surface area (Å²) in [6, 6.07) is 12.5. The molecule has 0 aliphatic rings. The van der Waals surface area contributed by atoms with E-state index in [0.717, 1.165) is 29.8 Å². The molecule has 0 bridgehead atoms. The topological polar surface area (TPSA) is 97.8 Å². The molecule has 2 N–H and O–H groups in total. The molecule has 0 radical (unpaired) electrons. The van der Waals surface area contributed by atoms with Crippen molar-refractivity contribution in [1.82, 2.24) is 15.6 Å². The van der Waals surface area contributed by atoms with Gasteiger partial charge >= 0.3 is 0 Å². The second-order valence-electron chi connectivity index (χ2n) is 6.70. The van der Waals surface area contributed by atoms with Gasteiger partial charge in [0.1, 0.15) is 5.75 Å². The van der Waals surface area contributed by atoms with Crippen LogP contribution in [0.3, 0.4) is 0 Å². The number of hydrazone groups is 1. The van der Waals surface area contributed by atoms with Gasteiger partial charge in [-0.2, -0.15) is 10.2 Å². The number of benzene rings is 2. The predicted molar refractivity (Wildman–Crippen MR) is 119 cm³/mol. The molecule has 3 aromatic rings. The number of ether oxygens (including phenoxy) is 3. The summed E-state index contributed by atoms with van der Waals surface area (Å²) >= 11 is 0. The summed E-state index contributed by atoms with van der Waals surface area (Å²) in [5.41, 5.74) is 5.33. The number of unbranched alkanes of at least 4 members (excludes halogenated alkanes) is 1. The number of aromatic nitrogens is 2. The molecule has 0 aliphatic carbocycles. The van der Waals surface area contributed by atoms with Crippen molar-refractivity contribution in [3.63, 3.8) is 0 Å². The molecule has 0 spiro atoms. The van der Waals surface area contributed by atoms with E-state index in [2.05, 4.69) is 27.6 Å². The zero-order valence-electron chi connectivity index (χ0n) is 17.8. The molecular weight excluding hydrogens is 396 g/mol. The first-order chi connectivity index (χ1) is 15.2. The Balaban J connectivity index is 1.65. The number of rotatable bonds is 10. The van der Waals surface area contributed by atoms with Crippen LogP contribution in [0.25, 0.3) is 11.3 Å². The van der Waals surface area contributed by atoms with Gasteiger partial charge in [-0.15, -0.1) is 0 Å². The van der Waals surface area contributed by atoms with Crippen LogP contribution >= 0.6 is 0 Å². The van der Waals surface area contributed by atoms with Crippen molar-refractivity contribution in [1.29, 1.82) is 0 Å². The zero-order valence-corrected chi connectivity index (χ0v) is 17.8. The summed E-state index contributed by atoms with van der Waals surface area (Å²) in [5, 5.41) is 11.1. The number of nitrogens with one attached hydrogen (secondary N) is 2. The molecule has 0 saturated heterocycles. The van der Waals surface area contributed by atoms with Crippen molar-refractivity contribution >= 4 is 12.1 Å². The zero-order chi connectivity index (χ0) is 22.1. The lowest BCUT2D eigenvalue weighted by molar-refractivity contribution is 0.0955. The van der Waals surface area contributed by atoms with Gasteiger partial charge in [0.15, 0.2) is 11.5 Å². The first-order valence-electron chi connectivity index (χ1n) is 9.98. The van der Waals surface area contributed by atoms with E-state index < -0.39 is 0 Å². The van der Waals surface area contributed by atoms with Gasteiger partial charge < -0.3 is 14.2 Å². The number of carbonyl (C=O) groups excluding carboxylic acids is 1. The van der Waals surface area contributed by atoms with Crippen LogP contribution in [0.2, 0.25) is 0 Å². The third-order valence-electron chi connectivity index (χ3n) is 4.59.